The van der Waals surface area contributed by atoms with Gasteiger partial charge in [0.15, 0.2) is 5.75 Å². The smallest absolute Gasteiger partial charge is 0.157 e. The molecule has 0 saturated heterocycles. The quantitative estimate of drug-likeness (QED) is 0.699. The molecule has 80 valence electrons. The summed E-state index contributed by atoms with van der Waals surface area (Å²) < 4.78 is 7.48. The molecule has 0 unspecified atom stereocenters. The van der Waals surface area contributed by atoms with Crippen molar-refractivity contribution in [3.63, 3.8) is 0 Å². The lowest BCUT2D eigenvalue weighted by molar-refractivity contribution is 0.289. The molecular formula is C11H20N2O. The molecule has 1 rings (SSSR count). The summed E-state index contributed by atoms with van der Waals surface area (Å²) in [5.41, 5.74) is 0. The summed E-state index contributed by atoms with van der Waals surface area (Å²) in [6.45, 7) is 8.29. The van der Waals surface area contributed by atoms with Crippen LogP contribution in [-0.2, 0) is 6.54 Å². The van der Waals surface area contributed by atoms with E-state index in [1.807, 2.05) is 10.9 Å². The average Bonchev–Trinajstić information content (AvgIpc) is 2.53. The molecule has 0 amide bonds. The van der Waals surface area contributed by atoms with Gasteiger partial charge in [0.1, 0.15) is 0 Å². The van der Waals surface area contributed by atoms with Gasteiger partial charge < -0.3 is 4.74 Å². The van der Waals surface area contributed by atoms with E-state index >= 15 is 0 Å². The lowest BCUT2D eigenvalue weighted by Crippen LogP contribution is -2.00. The van der Waals surface area contributed by atoms with Gasteiger partial charge in [-0.2, -0.15) is 5.10 Å². The topological polar surface area (TPSA) is 27.1 Å². The molecule has 1 heterocycles. The second kappa shape index (κ2) is 5.68. The van der Waals surface area contributed by atoms with Gasteiger partial charge in [-0.1, -0.05) is 20.8 Å². The molecule has 3 nitrogen and oxygen atoms in total. The Bertz CT molecular complexity index is 256. The van der Waals surface area contributed by atoms with E-state index in [0.29, 0.717) is 5.92 Å². The maximum atomic E-state index is 5.56. The molecule has 3 heteroatoms. The fourth-order valence-corrected chi connectivity index (χ4v) is 1.18. The van der Waals surface area contributed by atoms with E-state index < -0.39 is 0 Å². The van der Waals surface area contributed by atoms with Crippen LogP contribution in [0.25, 0.3) is 0 Å². The molecule has 0 N–H and O–H groups in total. The monoisotopic (exact) mass is 196 g/mol. The second-order valence-electron chi connectivity index (χ2n) is 3.97. The van der Waals surface area contributed by atoms with Crippen LogP contribution in [-0.4, -0.2) is 16.4 Å². The number of aryl methyl sites for hydroxylation is 1. The highest BCUT2D eigenvalue weighted by Crippen LogP contribution is 2.10. The van der Waals surface area contributed by atoms with Gasteiger partial charge in [-0.15, -0.1) is 0 Å². The van der Waals surface area contributed by atoms with Gasteiger partial charge >= 0.3 is 0 Å². The summed E-state index contributed by atoms with van der Waals surface area (Å²) in [7, 11) is 0. The van der Waals surface area contributed by atoms with Crippen molar-refractivity contribution < 1.29 is 4.74 Å². The SMILES string of the molecule is CCCn1cc(OCCC(C)C)cn1. The summed E-state index contributed by atoms with van der Waals surface area (Å²) in [6.07, 6.45) is 5.95. The van der Waals surface area contributed by atoms with Crippen molar-refractivity contribution in [3.8, 4) is 5.75 Å². The van der Waals surface area contributed by atoms with Gasteiger partial charge in [-0.05, 0) is 18.8 Å². The van der Waals surface area contributed by atoms with Gasteiger partial charge in [-0.25, -0.2) is 0 Å². The molecule has 0 bridgehead atoms. The van der Waals surface area contributed by atoms with Crippen molar-refractivity contribution in [2.75, 3.05) is 6.61 Å². The van der Waals surface area contributed by atoms with Crippen LogP contribution >= 0.6 is 0 Å². The molecule has 0 saturated carbocycles. The van der Waals surface area contributed by atoms with E-state index in [4.69, 9.17) is 4.74 Å². The van der Waals surface area contributed by atoms with Gasteiger partial charge in [0.05, 0.1) is 19.0 Å². The first-order valence-corrected chi connectivity index (χ1v) is 5.37. The van der Waals surface area contributed by atoms with E-state index in [0.717, 1.165) is 31.7 Å². The molecule has 0 aliphatic rings. The lowest BCUT2D eigenvalue weighted by Gasteiger charge is -2.05. The Kier molecular flexibility index (Phi) is 4.50. The minimum atomic E-state index is 0.695. The van der Waals surface area contributed by atoms with E-state index in [9.17, 15) is 0 Å². The Morgan fingerprint density at radius 2 is 2.29 bits per heavy atom. The third kappa shape index (κ3) is 3.81. The number of hydrogen-bond acceptors (Lipinski definition) is 2. The second-order valence-corrected chi connectivity index (χ2v) is 3.97. The third-order valence-corrected chi connectivity index (χ3v) is 2.03. The highest BCUT2D eigenvalue weighted by Gasteiger charge is 1.99. The van der Waals surface area contributed by atoms with E-state index in [1.54, 1.807) is 6.20 Å². The predicted molar refractivity (Wildman–Crippen MR) is 57.5 cm³/mol. The number of nitrogens with zero attached hydrogens (tertiary/aromatic N) is 2. The molecule has 14 heavy (non-hydrogen) atoms. The zero-order valence-corrected chi connectivity index (χ0v) is 9.36. The summed E-state index contributed by atoms with van der Waals surface area (Å²) >= 11 is 0. The Morgan fingerprint density at radius 1 is 1.50 bits per heavy atom. The minimum absolute atomic E-state index is 0.695. The number of aromatic nitrogens is 2. The predicted octanol–water partition coefficient (Wildman–Crippen LogP) is 2.72. The van der Waals surface area contributed by atoms with E-state index in [1.165, 1.54) is 0 Å². The lowest BCUT2D eigenvalue weighted by atomic mass is 10.1. The highest BCUT2D eigenvalue weighted by atomic mass is 16.5. The largest absolute Gasteiger partial charge is 0.490 e. The number of rotatable bonds is 6. The molecule has 0 radical (unpaired) electrons. The Morgan fingerprint density at radius 3 is 2.93 bits per heavy atom. The van der Waals surface area contributed by atoms with Crippen LogP contribution in [0.2, 0.25) is 0 Å². The van der Waals surface area contributed by atoms with Crippen LogP contribution in [0.5, 0.6) is 5.75 Å². The summed E-state index contributed by atoms with van der Waals surface area (Å²) in [5, 5.41) is 4.20. The Balaban J connectivity index is 2.28. The average molecular weight is 196 g/mol. The maximum absolute atomic E-state index is 5.56. The van der Waals surface area contributed by atoms with Gasteiger partial charge in [0.2, 0.25) is 0 Å². The molecular weight excluding hydrogens is 176 g/mol. The molecule has 0 fully saturated rings. The van der Waals surface area contributed by atoms with Crippen molar-refractivity contribution in [1.82, 2.24) is 9.78 Å². The van der Waals surface area contributed by atoms with Gasteiger partial charge in [-0.3, -0.25) is 4.68 Å². The zero-order chi connectivity index (χ0) is 10.4. The number of ether oxygens (including phenoxy) is 1. The summed E-state index contributed by atoms with van der Waals surface area (Å²) in [6, 6.07) is 0. The van der Waals surface area contributed by atoms with E-state index in [2.05, 4.69) is 25.9 Å². The zero-order valence-electron chi connectivity index (χ0n) is 9.36. The molecule has 1 aromatic heterocycles. The molecule has 1 aromatic rings. The number of hydrogen-bond donors (Lipinski definition) is 0. The first-order chi connectivity index (χ1) is 6.72. The minimum Gasteiger partial charge on any atom is -0.490 e. The fourth-order valence-electron chi connectivity index (χ4n) is 1.18. The molecule has 0 aliphatic heterocycles. The normalized spacial score (nSPS) is 10.9. The van der Waals surface area contributed by atoms with Crippen molar-refractivity contribution in [1.29, 1.82) is 0 Å². The van der Waals surface area contributed by atoms with Crippen LogP contribution < -0.4 is 4.74 Å². The van der Waals surface area contributed by atoms with Crippen molar-refractivity contribution in [2.45, 2.75) is 40.2 Å². The van der Waals surface area contributed by atoms with Gasteiger partial charge in [0, 0.05) is 6.54 Å². The standard InChI is InChI=1S/C11H20N2O/c1-4-6-13-9-11(8-12-13)14-7-5-10(2)3/h8-10H,4-7H2,1-3H3. The Labute approximate surface area is 86.1 Å². The molecule has 0 aromatic carbocycles. The van der Waals surface area contributed by atoms with Crippen LogP contribution in [0.1, 0.15) is 33.6 Å². The van der Waals surface area contributed by atoms with Crippen LogP contribution in [0.4, 0.5) is 0 Å². The van der Waals surface area contributed by atoms with Crippen LogP contribution in [0, 0.1) is 5.92 Å². The summed E-state index contributed by atoms with van der Waals surface area (Å²) in [4.78, 5) is 0. The molecule has 0 atom stereocenters. The van der Waals surface area contributed by atoms with Crippen molar-refractivity contribution in [3.05, 3.63) is 12.4 Å². The third-order valence-electron chi connectivity index (χ3n) is 2.03. The van der Waals surface area contributed by atoms with Crippen LogP contribution in [0.15, 0.2) is 12.4 Å². The Hall–Kier alpha value is -0.990. The van der Waals surface area contributed by atoms with Crippen molar-refractivity contribution >= 4 is 0 Å². The van der Waals surface area contributed by atoms with E-state index in [-0.39, 0.29) is 0 Å². The van der Waals surface area contributed by atoms with Crippen molar-refractivity contribution in [2.24, 2.45) is 5.92 Å². The van der Waals surface area contributed by atoms with Gasteiger partial charge in [0.25, 0.3) is 0 Å². The molecule has 0 spiro atoms. The summed E-state index contributed by atoms with van der Waals surface area (Å²) in [5.74, 6) is 1.58. The first kappa shape index (κ1) is 11.1. The fraction of sp³-hybridized carbons (Fsp3) is 0.727. The first-order valence-electron chi connectivity index (χ1n) is 5.37. The highest BCUT2D eigenvalue weighted by molar-refractivity contribution is 5.11. The van der Waals surface area contributed by atoms with Crippen LogP contribution in [0.3, 0.4) is 0 Å². The molecule has 0 aliphatic carbocycles. The maximum Gasteiger partial charge on any atom is 0.157 e.